The normalized spacial score (nSPS) is 20.7. The van der Waals surface area contributed by atoms with E-state index in [1.807, 2.05) is 6.07 Å². The molecule has 6 nitrogen and oxygen atoms in total. The number of carbonyl (C=O) groups is 1. The second-order valence-electron chi connectivity index (χ2n) is 5.86. The van der Waals surface area contributed by atoms with Gasteiger partial charge in [0.15, 0.2) is 11.5 Å². The molecule has 1 saturated carbocycles. The first-order valence-electron chi connectivity index (χ1n) is 7.91. The molecule has 128 valence electrons. The number of amides is 1. The number of ether oxygens (including phenoxy) is 3. The van der Waals surface area contributed by atoms with E-state index < -0.39 is 0 Å². The maximum atomic E-state index is 12.3. The average molecular weight is 322 g/mol. The summed E-state index contributed by atoms with van der Waals surface area (Å²) in [6.45, 7) is 0.383. The average Bonchev–Trinajstić information content (AvgIpc) is 2.58. The lowest BCUT2D eigenvalue weighted by Gasteiger charge is -2.25. The fourth-order valence-corrected chi connectivity index (χ4v) is 3.02. The Morgan fingerprint density at radius 3 is 2.39 bits per heavy atom. The highest BCUT2D eigenvalue weighted by molar-refractivity contribution is 5.78. The van der Waals surface area contributed by atoms with Crippen molar-refractivity contribution in [2.45, 2.75) is 38.3 Å². The van der Waals surface area contributed by atoms with E-state index in [4.69, 9.17) is 19.9 Å². The zero-order chi connectivity index (χ0) is 16.8. The van der Waals surface area contributed by atoms with Crippen LogP contribution in [0.1, 0.15) is 31.2 Å². The van der Waals surface area contributed by atoms with Crippen LogP contribution in [0.5, 0.6) is 17.2 Å². The Hall–Kier alpha value is -1.95. The van der Waals surface area contributed by atoms with Crippen molar-refractivity contribution in [3.63, 3.8) is 0 Å². The van der Waals surface area contributed by atoms with Crippen molar-refractivity contribution in [2.24, 2.45) is 11.7 Å². The van der Waals surface area contributed by atoms with Crippen molar-refractivity contribution < 1.29 is 19.0 Å². The quantitative estimate of drug-likeness (QED) is 0.835. The van der Waals surface area contributed by atoms with Gasteiger partial charge < -0.3 is 25.3 Å². The number of benzene rings is 1. The summed E-state index contributed by atoms with van der Waals surface area (Å²) in [5.41, 5.74) is 6.80. The van der Waals surface area contributed by atoms with Gasteiger partial charge in [0.2, 0.25) is 5.91 Å². The van der Waals surface area contributed by atoms with Crippen molar-refractivity contribution in [2.75, 3.05) is 21.3 Å². The standard InChI is InChI=1S/C17H26N2O4/c1-21-14-9-16(23-3)15(22-2)8-12(14)10-19-17(20)11-5-4-6-13(18)7-11/h8-9,11,13H,4-7,10,18H2,1-3H3,(H,19,20). The van der Waals surface area contributed by atoms with Gasteiger partial charge in [-0.15, -0.1) is 0 Å². The van der Waals surface area contributed by atoms with Crippen LogP contribution in [0, 0.1) is 5.92 Å². The molecular formula is C17H26N2O4. The van der Waals surface area contributed by atoms with Crippen LogP contribution < -0.4 is 25.3 Å². The van der Waals surface area contributed by atoms with Gasteiger partial charge in [0, 0.05) is 30.1 Å². The Morgan fingerprint density at radius 2 is 1.78 bits per heavy atom. The lowest BCUT2D eigenvalue weighted by atomic mass is 9.85. The minimum atomic E-state index is 0.00453. The molecule has 0 spiro atoms. The molecule has 3 N–H and O–H groups in total. The maximum Gasteiger partial charge on any atom is 0.223 e. The van der Waals surface area contributed by atoms with Crippen molar-refractivity contribution in [3.05, 3.63) is 17.7 Å². The predicted molar refractivity (Wildman–Crippen MR) is 87.9 cm³/mol. The first-order valence-corrected chi connectivity index (χ1v) is 7.91. The fourth-order valence-electron chi connectivity index (χ4n) is 3.02. The van der Waals surface area contributed by atoms with Gasteiger partial charge in [-0.1, -0.05) is 6.42 Å². The van der Waals surface area contributed by atoms with Crippen LogP contribution in [-0.2, 0) is 11.3 Å². The van der Waals surface area contributed by atoms with E-state index in [9.17, 15) is 4.79 Å². The number of nitrogens with one attached hydrogen (secondary N) is 1. The molecule has 2 unspecified atom stereocenters. The molecule has 2 rings (SSSR count). The lowest BCUT2D eigenvalue weighted by Crippen LogP contribution is -2.37. The van der Waals surface area contributed by atoms with Crippen molar-refractivity contribution in [3.8, 4) is 17.2 Å². The Labute approximate surface area is 137 Å². The van der Waals surface area contributed by atoms with E-state index in [1.54, 1.807) is 27.4 Å². The second-order valence-corrected chi connectivity index (χ2v) is 5.86. The van der Waals surface area contributed by atoms with Crippen LogP contribution in [0.25, 0.3) is 0 Å². The van der Waals surface area contributed by atoms with E-state index in [1.165, 1.54) is 0 Å². The zero-order valence-electron chi connectivity index (χ0n) is 14.1. The summed E-state index contributed by atoms with van der Waals surface area (Å²) in [4.78, 5) is 12.3. The molecule has 0 heterocycles. The number of hydrogen-bond donors (Lipinski definition) is 2. The molecule has 0 aromatic heterocycles. The monoisotopic (exact) mass is 322 g/mol. The second kappa shape index (κ2) is 8.06. The molecule has 1 fully saturated rings. The lowest BCUT2D eigenvalue weighted by molar-refractivity contribution is -0.126. The molecule has 23 heavy (non-hydrogen) atoms. The number of carbonyl (C=O) groups excluding carboxylic acids is 1. The topological polar surface area (TPSA) is 82.8 Å². The summed E-state index contributed by atoms with van der Waals surface area (Å²) in [7, 11) is 4.74. The van der Waals surface area contributed by atoms with E-state index in [-0.39, 0.29) is 17.9 Å². The van der Waals surface area contributed by atoms with Crippen LogP contribution in [0.15, 0.2) is 12.1 Å². The molecule has 1 aliphatic rings. The highest BCUT2D eigenvalue weighted by atomic mass is 16.5. The van der Waals surface area contributed by atoms with Gasteiger partial charge in [-0.05, 0) is 25.3 Å². The minimum Gasteiger partial charge on any atom is -0.496 e. The molecule has 0 saturated heterocycles. The molecule has 1 amide bonds. The predicted octanol–water partition coefficient (Wildman–Crippen LogP) is 1.85. The number of hydrogen-bond acceptors (Lipinski definition) is 5. The van der Waals surface area contributed by atoms with Crippen molar-refractivity contribution >= 4 is 5.91 Å². The summed E-state index contributed by atoms with van der Waals surface area (Å²) in [5.74, 6) is 1.92. The molecule has 0 aliphatic heterocycles. The number of rotatable bonds is 6. The van der Waals surface area contributed by atoms with Gasteiger partial charge in [-0.25, -0.2) is 0 Å². The fraction of sp³-hybridized carbons (Fsp3) is 0.588. The Kier molecular flexibility index (Phi) is 6.10. The number of methoxy groups -OCH3 is 3. The third kappa shape index (κ3) is 4.28. The van der Waals surface area contributed by atoms with Gasteiger partial charge in [-0.3, -0.25) is 4.79 Å². The molecule has 1 aromatic carbocycles. The highest BCUT2D eigenvalue weighted by Gasteiger charge is 2.25. The third-order valence-corrected chi connectivity index (χ3v) is 4.33. The van der Waals surface area contributed by atoms with E-state index in [2.05, 4.69) is 5.32 Å². The van der Waals surface area contributed by atoms with Crippen LogP contribution in [0.4, 0.5) is 0 Å². The molecule has 0 bridgehead atoms. The largest absolute Gasteiger partial charge is 0.496 e. The summed E-state index contributed by atoms with van der Waals surface area (Å²) in [6, 6.07) is 3.72. The smallest absolute Gasteiger partial charge is 0.223 e. The van der Waals surface area contributed by atoms with Gasteiger partial charge in [-0.2, -0.15) is 0 Å². The third-order valence-electron chi connectivity index (χ3n) is 4.33. The molecular weight excluding hydrogens is 296 g/mol. The minimum absolute atomic E-state index is 0.00453. The van der Waals surface area contributed by atoms with E-state index in [0.29, 0.717) is 23.8 Å². The molecule has 1 aliphatic carbocycles. The summed E-state index contributed by atoms with van der Waals surface area (Å²) in [6.07, 6.45) is 3.68. The van der Waals surface area contributed by atoms with Gasteiger partial charge >= 0.3 is 0 Å². The van der Waals surface area contributed by atoms with Crippen molar-refractivity contribution in [1.82, 2.24) is 5.32 Å². The first kappa shape index (κ1) is 17.4. The highest BCUT2D eigenvalue weighted by Crippen LogP contribution is 2.34. The van der Waals surface area contributed by atoms with Crippen molar-refractivity contribution in [1.29, 1.82) is 0 Å². The summed E-state index contributed by atoms with van der Waals surface area (Å²) >= 11 is 0. The van der Waals surface area contributed by atoms with Crippen LogP contribution in [0.2, 0.25) is 0 Å². The molecule has 1 aromatic rings. The van der Waals surface area contributed by atoms with E-state index in [0.717, 1.165) is 31.2 Å². The molecule has 0 radical (unpaired) electrons. The zero-order valence-corrected chi connectivity index (χ0v) is 14.1. The van der Waals surface area contributed by atoms with Crippen LogP contribution in [-0.4, -0.2) is 33.3 Å². The van der Waals surface area contributed by atoms with Crippen LogP contribution in [0.3, 0.4) is 0 Å². The Morgan fingerprint density at radius 1 is 1.13 bits per heavy atom. The Balaban J connectivity index is 2.05. The Bertz CT molecular complexity index is 548. The van der Waals surface area contributed by atoms with Crippen LogP contribution >= 0.6 is 0 Å². The first-order chi connectivity index (χ1) is 11.1. The summed E-state index contributed by atoms with van der Waals surface area (Å²) < 4.78 is 15.9. The maximum absolute atomic E-state index is 12.3. The van der Waals surface area contributed by atoms with Gasteiger partial charge in [0.25, 0.3) is 0 Å². The van der Waals surface area contributed by atoms with E-state index >= 15 is 0 Å². The summed E-state index contributed by atoms with van der Waals surface area (Å²) in [5, 5.41) is 2.98. The van der Waals surface area contributed by atoms with Gasteiger partial charge in [0.1, 0.15) is 5.75 Å². The van der Waals surface area contributed by atoms with Gasteiger partial charge in [0.05, 0.1) is 21.3 Å². The number of nitrogens with two attached hydrogens (primary N) is 1. The molecule has 6 heteroatoms. The SMILES string of the molecule is COc1cc(OC)c(OC)cc1CNC(=O)C1CCCC(N)C1. The molecule has 2 atom stereocenters.